The molecule has 0 atom stereocenters. The predicted molar refractivity (Wildman–Crippen MR) is 130 cm³/mol. The maximum Gasteiger partial charge on any atom is 0.224 e. The Bertz CT molecular complexity index is 649. The second-order valence-electron chi connectivity index (χ2n) is 8.72. The van der Waals surface area contributed by atoms with Crippen LogP contribution in [0.25, 0.3) is 0 Å². The van der Waals surface area contributed by atoms with E-state index in [-0.39, 0.29) is 5.91 Å². The number of rotatable bonds is 16. The number of allylic oxidation sites excluding steroid dienone is 2. The molecule has 0 aliphatic heterocycles. The van der Waals surface area contributed by atoms with Gasteiger partial charge in [0.1, 0.15) is 5.75 Å². The molecule has 3 heteroatoms. The highest BCUT2D eigenvalue weighted by molar-refractivity contribution is 5.92. The smallest absolute Gasteiger partial charge is 0.224 e. The summed E-state index contributed by atoms with van der Waals surface area (Å²) in [6, 6.07) is 1.86. The number of amides is 1. The summed E-state index contributed by atoms with van der Waals surface area (Å²) in [5.41, 5.74) is 3.40. The number of unbranched alkanes of at least 4 members (excludes halogenated alkanes) is 11. The summed E-state index contributed by atoms with van der Waals surface area (Å²) in [7, 11) is 0. The zero-order valence-corrected chi connectivity index (χ0v) is 20.0. The molecule has 0 aliphatic rings. The number of nitrogens with one attached hydrogen (secondary N) is 1. The van der Waals surface area contributed by atoms with Crippen LogP contribution in [0.1, 0.15) is 114 Å². The topological polar surface area (TPSA) is 49.3 Å². The lowest BCUT2D eigenvalue weighted by Crippen LogP contribution is -2.12. The Morgan fingerprint density at radius 1 is 0.833 bits per heavy atom. The maximum absolute atomic E-state index is 12.2. The molecule has 170 valence electrons. The van der Waals surface area contributed by atoms with Crippen molar-refractivity contribution in [2.24, 2.45) is 0 Å². The third-order valence-corrected chi connectivity index (χ3v) is 6.00. The lowest BCUT2D eigenvalue weighted by atomic mass is 10.0. The first-order valence-corrected chi connectivity index (χ1v) is 12.2. The van der Waals surface area contributed by atoms with Gasteiger partial charge in [0, 0.05) is 12.1 Å². The number of hydrogen-bond acceptors (Lipinski definition) is 2. The van der Waals surface area contributed by atoms with Crippen LogP contribution in [0, 0.1) is 20.8 Å². The molecule has 0 saturated carbocycles. The summed E-state index contributed by atoms with van der Waals surface area (Å²) in [6.45, 7) is 7.95. The van der Waals surface area contributed by atoms with Gasteiger partial charge in [-0.15, -0.1) is 0 Å². The summed E-state index contributed by atoms with van der Waals surface area (Å²) in [6.07, 6.45) is 21.7. The first-order valence-electron chi connectivity index (χ1n) is 12.2. The summed E-state index contributed by atoms with van der Waals surface area (Å²) in [5, 5.41) is 13.0. The molecule has 0 unspecified atom stereocenters. The second kappa shape index (κ2) is 16.0. The van der Waals surface area contributed by atoms with Gasteiger partial charge in [-0.2, -0.15) is 0 Å². The first-order chi connectivity index (χ1) is 14.5. The van der Waals surface area contributed by atoms with E-state index in [1.54, 1.807) is 0 Å². The standard InChI is InChI=1S/C27H45NO2/c1-5-6-7-8-9-10-11-12-13-14-15-16-17-18-19-20-26(29)28-25-21-22(2)27(30)24(4)23(25)3/h12-13,21,30H,5-11,14-20H2,1-4H3,(H,28,29). The van der Waals surface area contributed by atoms with Crippen LogP contribution in [-0.4, -0.2) is 11.0 Å². The van der Waals surface area contributed by atoms with Crippen LogP contribution in [0.15, 0.2) is 18.2 Å². The molecule has 0 bridgehead atoms. The minimum Gasteiger partial charge on any atom is -0.507 e. The highest BCUT2D eigenvalue weighted by atomic mass is 16.3. The van der Waals surface area contributed by atoms with Crippen molar-refractivity contribution in [3.05, 3.63) is 34.9 Å². The molecule has 0 aromatic heterocycles. The molecule has 0 heterocycles. The van der Waals surface area contributed by atoms with Crippen molar-refractivity contribution in [1.82, 2.24) is 0 Å². The van der Waals surface area contributed by atoms with Gasteiger partial charge < -0.3 is 10.4 Å². The second-order valence-corrected chi connectivity index (χ2v) is 8.72. The molecule has 2 N–H and O–H groups in total. The Hall–Kier alpha value is -1.77. The number of benzene rings is 1. The predicted octanol–water partition coefficient (Wildman–Crippen LogP) is 8.29. The number of hydrogen-bond donors (Lipinski definition) is 2. The molecule has 0 spiro atoms. The maximum atomic E-state index is 12.2. The Morgan fingerprint density at radius 3 is 1.97 bits per heavy atom. The molecule has 3 nitrogen and oxygen atoms in total. The molecular weight excluding hydrogens is 370 g/mol. The Kier molecular flexibility index (Phi) is 14.0. The van der Waals surface area contributed by atoms with Gasteiger partial charge in [-0.05, 0) is 75.6 Å². The van der Waals surface area contributed by atoms with Crippen molar-refractivity contribution in [3.8, 4) is 5.75 Å². The van der Waals surface area contributed by atoms with Gasteiger partial charge in [-0.1, -0.05) is 70.4 Å². The monoisotopic (exact) mass is 415 g/mol. The van der Waals surface area contributed by atoms with Gasteiger partial charge >= 0.3 is 0 Å². The lowest BCUT2D eigenvalue weighted by molar-refractivity contribution is -0.116. The van der Waals surface area contributed by atoms with E-state index in [1.807, 2.05) is 26.8 Å². The summed E-state index contributed by atoms with van der Waals surface area (Å²) >= 11 is 0. The van der Waals surface area contributed by atoms with Crippen LogP contribution >= 0.6 is 0 Å². The number of carbonyl (C=O) groups is 1. The number of phenolic OH excluding ortho intramolecular Hbond substituents is 1. The zero-order valence-electron chi connectivity index (χ0n) is 20.0. The minimum atomic E-state index is 0.0696. The number of anilines is 1. The molecule has 30 heavy (non-hydrogen) atoms. The van der Waals surface area contributed by atoms with Gasteiger partial charge in [0.15, 0.2) is 0 Å². The van der Waals surface area contributed by atoms with Crippen LogP contribution in [0.2, 0.25) is 0 Å². The van der Waals surface area contributed by atoms with E-state index < -0.39 is 0 Å². The third kappa shape index (κ3) is 10.8. The SMILES string of the molecule is CCCCCCCCC=CCCCCCCCC(=O)Nc1cc(C)c(O)c(C)c1C. The van der Waals surface area contributed by atoms with Gasteiger partial charge in [0.2, 0.25) is 5.91 Å². The number of phenols is 1. The fraction of sp³-hybridized carbons (Fsp3) is 0.667. The zero-order chi connectivity index (χ0) is 22.2. The Labute approximate surface area is 185 Å². The van der Waals surface area contributed by atoms with Crippen LogP contribution in [0.4, 0.5) is 5.69 Å². The largest absolute Gasteiger partial charge is 0.507 e. The summed E-state index contributed by atoms with van der Waals surface area (Å²) in [4.78, 5) is 12.2. The first kappa shape index (κ1) is 26.3. The van der Waals surface area contributed by atoms with Gasteiger partial charge in [0.25, 0.3) is 0 Å². The van der Waals surface area contributed by atoms with E-state index >= 15 is 0 Å². The fourth-order valence-electron chi connectivity index (χ4n) is 3.77. The van der Waals surface area contributed by atoms with Crippen LogP contribution in [0.3, 0.4) is 0 Å². The fourth-order valence-corrected chi connectivity index (χ4v) is 3.77. The van der Waals surface area contributed by atoms with Gasteiger partial charge in [-0.3, -0.25) is 4.79 Å². The highest BCUT2D eigenvalue weighted by Gasteiger charge is 2.11. The van der Waals surface area contributed by atoms with Gasteiger partial charge in [-0.25, -0.2) is 0 Å². The average molecular weight is 416 g/mol. The molecule has 1 rings (SSSR count). The molecule has 0 aliphatic carbocycles. The number of carbonyl (C=O) groups excluding carboxylic acids is 1. The van der Waals surface area contributed by atoms with Crippen molar-refractivity contribution < 1.29 is 9.90 Å². The highest BCUT2D eigenvalue weighted by Crippen LogP contribution is 2.30. The van der Waals surface area contributed by atoms with E-state index in [9.17, 15) is 9.90 Å². The molecule has 0 saturated heterocycles. The quantitative estimate of drug-likeness (QED) is 0.162. The van der Waals surface area contributed by atoms with Crippen molar-refractivity contribution in [3.63, 3.8) is 0 Å². The molecule has 0 radical (unpaired) electrons. The minimum absolute atomic E-state index is 0.0696. The Morgan fingerprint density at radius 2 is 1.37 bits per heavy atom. The van der Waals surface area contributed by atoms with E-state index in [1.165, 1.54) is 70.6 Å². The molecule has 1 aromatic rings. The molecule has 1 amide bonds. The van der Waals surface area contributed by atoms with Crippen molar-refractivity contribution in [1.29, 1.82) is 0 Å². The average Bonchev–Trinajstić information content (AvgIpc) is 2.73. The summed E-state index contributed by atoms with van der Waals surface area (Å²) in [5.74, 6) is 0.392. The van der Waals surface area contributed by atoms with Gasteiger partial charge in [0.05, 0.1) is 0 Å². The Balaban J connectivity index is 2.03. The van der Waals surface area contributed by atoms with Crippen molar-refractivity contribution in [2.45, 2.75) is 118 Å². The van der Waals surface area contributed by atoms with E-state index in [0.717, 1.165) is 35.2 Å². The summed E-state index contributed by atoms with van der Waals surface area (Å²) < 4.78 is 0. The van der Waals surface area contributed by atoms with Crippen LogP contribution < -0.4 is 5.32 Å². The van der Waals surface area contributed by atoms with Crippen molar-refractivity contribution >= 4 is 11.6 Å². The van der Waals surface area contributed by atoms with Crippen LogP contribution in [-0.2, 0) is 4.79 Å². The number of aryl methyl sites for hydroxylation is 1. The lowest BCUT2D eigenvalue weighted by Gasteiger charge is -2.14. The van der Waals surface area contributed by atoms with E-state index in [0.29, 0.717) is 12.2 Å². The molecule has 0 fully saturated rings. The number of aromatic hydroxyl groups is 1. The molecular formula is C27H45NO2. The van der Waals surface area contributed by atoms with E-state index in [4.69, 9.17) is 0 Å². The third-order valence-electron chi connectivity index (χ3n) is 6.00. The van der Waals surface area contributed by atoms with E-state index in [2.05, 4.69) is 24.4 Å². The van der Waals surface area contributed by atoms with Crippen LogP contribution in [0.5, 0.6) is 5.75 Å². The normalized spacial score (nSPS) is 11.3. The van der Waals surface area contributed by atoms with Crippen molar-refractivity contribution in [2.75, 3.05) is 5.32 Å². The molecule has 1 aromatic carbocycles.